The molecule has 1 unspecified atom stereocenters. The van der Waals surface area contributed by atoms with Crippen LogP contribution in [0.4, 0.5) is 21.0 Å². The molecule has 246 valence electrons. The first-order chi connectivity index (χ1) is 21.0. The van der Waals surface area contributed by atoms with Crippen molar-refractivity contribution >= 4 is 47.4 Å². The normalized spacial score (nSPS) is 11.0. The summed E-state index contributed by atoms with van der Waals surface area (Å²) in [4.78, 5) is 72.7. The van der Waals surface area contributed by atoms with Crippen molar-refractivity contribution in [3.8, 4) is 0 Å². The lowest BCUT2D eigenvalue weighted by Gasteiger charge is -2.20. The lowest BCUT2D eigenvalue weighted by Crippen LogP contribution is -2.33. The van der Waals surface area contributed by atoms with Gasteiger partial charge in [-0.2, -0.15) is 0 Å². The Bertz CT molecular complexity index is 1290. The van der Waals surface area contributed by atoms with Crippen LogP contribution in [0.25, 0.3) is 0 Å². The van der Waals surface area contributed by atoms with Gasteiger partial charge in [0.2, 0.25) is 0 Å². The summed E-state index contributed by atoms with van der Waals surface area (Å²) >= 11 is 0. The molecular weight excluding hydrogens is 592 g/mol. The van der Waals surface area contributed by atoms with Gasteiger partial charge in [0.05, 0.1) is 5.92 Å². The fraction of sp³-hybridized carbons (Fsp3) is 0.419. The number of carbonyl (C=O) groups is 6. The van der Waals surface area contributed by atoms with E-state index in [-0.39, 0.29) is 34.7 Å². The molecule has 0 bridgehead atoms. The first-order valence-corrected chi connectivity index (χ1v) is 13.7. The van der Waals surface area contributed by atoms with Crippen LogP contribution in [0, 0.1) is 12.8 Å². The van der Waals surface area contributed by atoms with Crippen LogP contribution in [-0.4, -0.2) is 74.7 Å². The van der Waals surface area contributed by atoms with Crippen molar-refractivity contribution in [2.24, 2.45) is 5.92 Å². The minimum absolute atomic E-state index is 0.117. The van der Waals surface area contributed by atoms with E-state index in [0.717, 1.165) is 0 Å². The molecule has 0 saturated heterocycles. The molecule has 2 N–H and O–H groups in total. The first kappa shape index (κ1) is 37.9. The highest BCUT2D eigenvalue weighted by molar-refractivity contribution is 5.90. The zero-order valence-corrected chi connectivity index (χ0v) is 26.3. The number of ether oxygens (including phenoxy) is 6. The second kappa shape index (κ2) is 18.5. The molecule has 0 heterocycles. The van der Waals surface area contributed by atoms with E-state index >= 15 is 0 Å². The summed E-state index contributed by atoms with van der Waals surface area (Å²) in [5.74, 6) is -3.15. The van der Waals surface area contributed by atoms with Crippen molar-refractivity contribution in [3.63, 3.8) is 0 Å². The smallest absolute Gasteiger partial charge is 0.412 e. The topological polar surface area (TPSA) is 182 Å². The number of nitrogens with one attached hydrogen (secondary N) is 2. The predicted molar refractivity (Wildman–Crippen MR) is 162 cm³/mol. The van der Waals surface area contributed by atoms with Gasteiger partial charge >= 0.3 is 36.1 Å². The number of esters is 4. The number of anilines is 2. The van der Waals surface area contributed by atoms with E-state index in [1.54, 1.807) is 26.8 Å². The zero-order valence-electron chi connectivity index (χ0n) is 26.3. The van der Waals surface area contributed by atoms with Crippen molar-refractivity contribution in [1.29, 1.82) is 0 Å². The third kappa shape index (κ3) is 14.7. The van der Waals surface area contributed by atoms with Crippen molar-refractivity contribution in [1.82, 2.24) is 0 Å². The summed E-state index contributed by atoms with van der Waals surface area (Å²) < 4.78 is 30.8. The van der Waals surface area contributed by atoms with Gasteiger partial charge in [-0.1, -0.05) is 39.7 Å². The first-order valence-electron chi connectivity index (χ1n) is 13.7. The molecule has 0 aliphatic rings. The van der Waals surface area contributed by atoms with E-state index < -0.39 is 74.0 Å². The number of carbonyl (C=O) groups excluding carboxylic acids is 6. The van der Waals surface area contributed by atoms with Crippen LogP contribution < -0.4 is 10.6 Å². The fourth-order valence-corrected chi connectivity index (χ4v) is 2.87. The Labute approximate surface area is 261 Å². The molecule has 14 heteroatoms. The molecule has 0 aliphatic carbocycles. The third-order valence-corrected chi connectivity index (χ3v) is 5.40. The monoisotopic (exact) mass is 632 g/mol. The molecule has 45 heavy (non-hydrogen) atoms. The van der Waals surface area contributed by atoms with Gasteiger partial charge in [0, 0.05) is 28.1 Å². The van der Waals surface area contributed by atoms with Gasteiger partial charge in [-0.15, -0.1) is 0 Å². The van der Waals surface area contributed by atoms with Gasteiger partial charge < -0.3 is 28.4 Å². The van der Waals surface area contributed by atoms with Crippen molar-refractivity contribution in [2.75, 3.05) is 37.1 Å². The summed E-state index contributed by atoms with van der Waals surface area (Å²) in [5, 5.41) is 4.99. The van der Waals surface area contributed by atoms with Crippen molar-refractivity contribution < 1.29 is 57.2 Å². The van der Waals surface area contributed by atoms with Crippen LogP contribution in [0.15, 0.2) is 54.7 Å². The van der Waals surface area contributed by atoms with E-state index in [1.165, 1.54) is 32.9 Å². The van der Waals surface area contributed by atoms with E-state index in [1.807, 2.05) is 0 Å². The Hall–Kier alpha value is -5.14. The lowest BCUT2D eigenvalue weighted by atomic mass is 10.2. The van der Waals surface area contributed by atoms with Gasteiger partial charge in [-0.3, -0.25) is 15.4 Å². The van der Waals surface area contributed by atoms with E-state index in [9.17, 15) is 28.8 Å². The largest absolute Gasteiger partial charge is 0.461 e. The molecule has 2 amide bonds. The van der Waals surface area contributed by atoms with Gasteiger partial charge in [0.25, 0.3) is 0 Å². The molecule has 0 fully saturated rings. The van der Waals surface area contributed by atoms with Crippen LogP contribution in [0.2, 0.25) is 0 Å². The SMILES string of the molecule is C=C(C)C(=O)OCC(COC(=O)C(C)C)OC(=O)Nc1ccc(C)c(NC(=O)OC(COC(=O)C(=C)C)COC(=O)C(=C)C)c1. The minimum Gasteiger partial charge on any atom is -0.461 e. The maximum Gasteiger partial charge on any atom is 0.412 e. The van der Waals surface area contributed by atoms with E-state index in [4.69, 9.17) is 28.4 Å². The molecule has 1 aromatic rings. The summed E-state index contributed by atoms with van der Waals surface area (Å²) in [6, 6.07) is 4.52. The second-order valence-corrected chi connectivity index (χ2v) is 10.3. The standard InChI is InChI=1S/C31H40N2O12/c1-17(2)26(34)40-13-23(14-41-27(35)18(3)4)44-30(38)32-22-11-10-21(9)25(12-22)33-31(39)45-24(15-42-28(36)19(5)6)16-43-29(37)20(7)8/h10-12,18,23-24H,1,5,7,13-16H2,2-4,6,8-9H3,(H,32,38)(H,33,39). The average Bonchev–Trinajstić information content (AvgIpc) is 2.96. The maximum atomic E-state index is 12.7. The molecule has 0 aromatic heterocycles. The lowest BCUT2D eigenvalue weighted by molar-refractivity contribution is -0.153. The van der Waals surface area contributed by atoms with Crippen LogP contribution in [0.5, 0.6) is 0 Å². The Balaban J connectivity index is 2.94. The van der Waals surface area contributed by atoms with Gasteiger partial charge in [-0.25, -0.2) is 24.0 Å². The molecule has 0 spiro atoms. The number of hydrogen-bond acceptors (Lipinski definition) is 12. The highest BCUT2D eigenvalue weighted by atomic mass is 16.6. The number of aryl methyl sites for hydroxylation is 1. The second-order valence-electron chi connectivity index (χ2n) is 10.3. The molecule has 1 rings (SSSR count). The van der Waals surface area contributed by atoms with Gasteiger partial charge in [-0.05, 0) is 45.4 Å². The molecular formula is C31H40N2O12. The summed E-state index contributed by atoms with van der Waals surface area (Å²) in [7, 11) is 0. The Morgan fingerprint density at radius 1 is 0.667 bits per heavy atom. The van der Waals surface area contributed by atoms with Crippen LogP contribution in [0.3, 0.4) is 0 Å². The molecule has 0 saturated carbocycles. The molecule has 0 radical (unpaired) electrons. The van der Waals surface area contributed by atoms with Crippen molar-refractivity contribution in [3.05, 3.63) is 60.2 Å². The number of amides is 2. The Morgan fingerprint density at radius 3 is 1.47 bits per heavy atom. The summed E-state index contributed by atoms with van der Waals surface area (Å²) in [6.45, 7) is 18.0. The van der Waals surface area contributed by atoms with Crippen LogP contribution >= 0.6 is 0 Å². The zero-order chi connectivity index (χ0) is 34.3. The molecule has 14 nitrogen and oxygen atoms in total. The minimum atomic E-state index is -1.17. The fourth-order valence-electron chi connectivity index (χ4n) is 2.87. The summed E-state index contributed by atoms with van der Waals surface area (Å²) in [6.07, 6.45) is -4.26. The van der Waals surface area contributed by atoms with Gasteiger partial charge in [0.1, 0.15) is 26.4 Å². The predicted octanol–water partition coefficient (Wildman–Crippen LogP) is 4.39. The quantitative estimate of drug-likeness (QED) is 0.149. The molecule has 1 atom stereocenters. The third-order valence-electron chi connectivity index (χ3n) is 5.40. The Morgan fingerprint density at radius 2 is 1.07 bits per heavy atom. The number of benzene rings is 1. The highest BCUT2D eigenvalue weighted by Crippen LogP contribution is 2.21. The Kier molecular flexibility index (Phi) is 15.6. The van der Waals surface area contributed by atoms with Crippen LogP contribution in [0.1, 0.15) is 40.2 Å². The number of hydrogen-bond donors (Lipinski definition) is 2. The molecule has 1 aromatic carbocycles. The van der Waals surface area contributed by atoms with E-state index in [2.05, 4.69) is 30.4 Å². The van der Waals surface area contributed by atoms with Crippen LogP contribution in [-0.2, 0) is 47.6 Å². The van der Waals surface area contributed by atoms with Gasteiger partial charge in [0.15, 0.2) is 12.2 Å². The molecule has 0 aliphatic heterocycles. The maximum absolute atomic E-state index is 12.7. The van der Waals surface area contributed by atoms with Crippen molar-refractivity contribution in [2.45, 2.75) is 53.8 Å². The summed E-state index contributed by atoms with van der Waals surface area (Å²) in [5.41, 5.74) is 1.36. The van der Waals surface area contributed by atoms with E-state index in [0.29, 0.717) is 5.56 Å². The average molecular weight is 633 g/mol. The number of rotatable bonds is 16. The highest BCUT2D eigenvalue weighted by Gasteiger charge is 2.23.